The summed E-state index contributed by atoms with van der Waals surface area (Å²) in [5, 5.41) is 3.42. The topological polar surface area (TPSA) is 38.0 Å². The van der Waals surface area contributed by atoms with Crippen LogP contribution in [0.25, 0.3) is 0 Å². The highest BCUT2D eigenvalue weighted by Gasteiger charge is 2.02. The summed E-state index contributed by atoms with van der Waals surface area (Å²) in [5.74, 6) is 0. The van der Waals surface area contributed by atoms with Gasteiger partial charge < -0.3 is 11.1 Å². The van der Waals surface area contributed by atoms with Gasteiger partial charge in [0.05, 0.1) is 0 Å². The van der Waals surface area contributed by atoms with E-state index in [9.17, 15) is 0 Å². The molecule has 0 amide bonds. The molecule has 3 N–H and O–H groups in total. The van der Waals surface area contributed by atoms with Crippen LogP contribution in [-0.4, -0.2) is 6.54 Å². The predicted molar refractivity (Wildman–Crippen MR) is 137 cm³/mol. The first-order valence-electron chi connectivity index (χ1n) is 12.4. The van der Waals surface area contributed by atoms with E-state index in [0.29, 0.717) is 0 Å². The molecule has 2 aromatic rings. The molecule has 0 saturated carbocycles. The molecule has 2 nitrogen and oxygen atoms in total. The zero-order valence-electron chi connectivity index (χ0n) is 20.1. The van der Waals surface area contributed by atoms with Gasteiger partial charge in [-0.1, -0.05) is 95.7 Å². The summed E-state index contributed by atoms with van der Waals surface area (Å²) in [6.07, 6.45) is 14.0. The van der Waals surface area contributed by atoms with Crippen LogP contribution < -0.4 is 11.1 Å². The van der Waals surface area contributed by atoms with Crippen LogP contribution in [0.3, 0.4) is 0 Å². The molecule has 2 heteroatoms. The fourth-order valence-electron chi connectivity index (χ4n) is 3.78. The predicted octanol–water partition coefficient (Wildman–Crippen LogP) is 8.20. The maximum absolute atomic E-state index is 6.11. The van der Waals surface area contributed by atoms with Crippen molar-refractivity contribution in [1.29, 1.82) is 0 Å². The SMILES string of the molecule is CCCCCCc1cccc(CC)c1N.CCCCCCc1ccccc1NCC. The van der Waals surface area contributed by atoms with Gasteiger partial charge in [0.2, 0.25) is 0 Å². The van der Waals surface area contributed by atoms with Gasteiger partial charge in [-0.05, 0) is 61.8 Å². The van der Waals surface area contributed by atoms with Gasteiger partial charge in [-0.15, -0.1) is 0 Å². The zero-order chi connectivity index (χ0) is 22.0. The fraction of sp³-hybridized carbons (Fsp3) is 0.571. The molecule has 30 heavy (non-hydrogen) atoms. The zero-order valence-corrected chi connectivity index (χ0v) is 20.1. The van der Waals surface area contributed by atoms with Crippen LogP contribution in [0.15, 0.2) is 42.5 Å². The maximum Gasteiger partial charge on any atom is 0.0379 e. The average molecular weight is 411 g/mol. The maximum atomic E-state index is 6.11. The molecule has 0 saturated heterocycles. The second-order valence-electron chi connectivity index (χ2n) is 8.15. The van der Waals surface area contributed by atoms with Crippen molar-refractivity contribution in [2.24, 2.45) is 0 Å². The standard InChI is InChI=1S/2C14H23N/c1-3-5-6-7-10-13-11-8-9-12-14(13)15-4-2;1-3-5-6-7-9-13-11-8-10-12(4-2)14(13)15/h8-9,11-12,15H,3-7,10H2,1-2H3;8,10-11H,3-7,9,15H2,1-2H3. The van der Waals surface area contributed by atoms with Crippen molar-refractivity contribution in [3.63, 3.8) is 0 Å². The third kappa shape index (κ3) is 10.2. The Labute approximate surface area is 186 Å². The summed E-state index contributed by atoms with van der Waals surface area (Å²) >= 11 is 0. The third-order valence-electron chi connectivity index (χ3n) is 5.65. The first-order chi connectivity index (χ1) is 14.7. The van der Waals surface area contributed by atoms with E-state index in [1.807, 2.05) is 0 Å². The molecule has 2 aromatic carbocycles. The lowest BCUT2D eigenvalue weighted by Crippen LogP contribution is -2.00. The number of nitrogens with one attached hydrogen (secondary N) is 1. The first kappa shape index (κ1) is 26.1. The second kappa shape index (κ2) is 16.8. The summed E-state index contributed by atoms with van der Waals surface area (Å²) in [6, 6.07) is 15.1. The van der Waals surface area contributed by atoms with Crippen LogP contribution >= 0.6 is 0 Å². The number of benzene rings is 2. The number of aryl methyl sites for hydroxylation is 3. The van der Waals surface area contributed by atoms with Crippen LogP contribution in [-0.2, 0) is 19.3 Å². The minimum atomic E-state index is 1.01. The van der Waals surface area contributed by atoms with Crippen molar-refractivity contribution in [2.75, 3.05) is 17.6 Å². The monoisotopic (exact) mass is 410 g/mol. The van der Waals surface area contributed by atoms with Crippen molar-refractivity contribution in [2.45, 2.75) is 98.3 Å². The smallest absolute Gasteiger partial charge is 0.0379 e. The van der Waals surface area contributed by atoms with E-state index in [4.69, 9.17) is 5.73 Å². The molecular weight excluding hydrogens is 364 g/mol. The van der Waals surface area contributed by atoms with E-state index in [2.05, 4.69) is 75.5 Å². The first-order valence-corrected chi connectivity index (χ1v) is 12.4. The summed E-state index contributed by atoms with van der Waals surface area (Å²) in [7, 11) is 0. The Kier molecular flexibility index (Phi) is 14.6. The van der Waals surface area contributed by atoms with Crippen LogP contribution in [0.1, 0.15) is 95.8 Å². The Morgan fingerprint density at radius 1 is 0.633 bits per heavy atom. The molecule has 0 heterocycles. The van der Waals surface area contributed by atoms with Gasteiger partial charge in [0.1, 0.15) is 0 Å². The lowest BCUT2D eigenvalue weighted by atomic mass is 10.0. The molecular formula is C28H46N2. The molecule has 168 valence electrons. The Balaban J connectivity index is 0.000000300. The largest absolute Gasteiger partial charge is 0.398 e. The van der Waals surface area contributed by atoms with Crippen LogP contribution in [0.5, 0.6) is 0 Å². The van der Waals surface area contributed by atoms with Crippen LogP contribution in [0.4, 0.5) is 11.4 Å². The minimum Gasteiger partial charge on any atom is -0.398 e. The summed E-state index contributed by atoms with van der Waals surface area (Å²) in [4.78, 5) is 0. The normalized spacial score (nSPS) is 10.4. The molecule has 0 aliphatic carbocycles. The van der Waals surface area contributed by atoms with E-state index in [-0.39, 0.29) is 0 Å². The molecule has 0 spiro atoms. The van der Waals surface area contributed by atoms with E-state index >= 15 is 0 Å². The van der Waals surface area contributed by atoms with Crippen molar-refractivity contribution in [3.8, 4) is 0 Å². The summed E-state index contributed by atoms with van der Waals surface area (Å²) in [6.45, 7) is 9.81. The van der Waals surface area contributed by atoms with Gasteiger partial charge >= 0.3 is 0 Å². The minimum absolute atomic E-state index is 1.01. The quantitative estimate of drug-likeness (QED) is 0.258. The average Bonchev–Trinajstić information content (AvgIpc) is 2.77. The summed E-state index contributed by atoms with van der Waals surface area (Å²) in [5.41, 5.74) is 12.6. The fourth-order valence-corrected chi connectivity index (χ4v) is 3.78. The highest BCUT2D eigenvalue weighted by Crippen LogP contribution is 2.20. The second-order valence-corrected chi connectivity index (χ2v) is 8.15. The van der Waals surface area contributed by atoms with Crippen molar-refractivity contribution < 1.29 is 0 Å². The Bertz CT molecular complexity index is 678. The van der Waals surface area contributed by atoms with Gasteiger partial charge in [0.25, 0.3) is 0 Å². The number of nitrogen functional groups attached to an aromatic ring is 1. The molecule has 0 bridgehead atoms. The Morgan fingerprint density at radius 2 is 1.20 bits per heavy atom. The number of hydrogen-bond donors (Lipinski definition) is 2. The molecule has 0 aliphatic rings. The molecule has 2 rings (SSSR count). The Morgan fingerprint density at radius 3 is 1.80 bits per heavy atom. The molecule has 0 aromatic heterocycles. The van der Waals surface area contributed by atoms with Crippen molar-refractivity contribution >= 4 is 11.4 Å². The van der Waals surface area contributed by atoms with E-state index in [1.54, 1.807) is 0 Å². The van der Waals surface area contributed by atoms with Gasteiger partial charge in [0, 0.05) is 17.9 Å². The van der Waals surface area contributed by atoms with E-state index in [1.165, 1.54) is 80.2 Å². The summed E-state index contributed by atoms with van der Waals surface area (Å²) < 4.78 is 0. The lowest BCUT2D eigenvalue weighted by molar-refractivity contribution is 0.667. The third-order valence-corrected chi connectivity index (χ3v) is 5.65. The number of rotatable bonds is 13. The van der Waals surface area contributed by atoms with E-state index in [0.717, 1.165) is 25.1 Å². The molecule has 0 unspecified atom stereocenters. The molecule has 0 fully saturated rings. The van der Waals surface area contributed by atoms with Gasteiger partial charge in [0.15, 0.2) is 0 Å². The van der Waals surface area contributed by atoms with Crippen LogP contribution in [0.2, 0.25) is 0 Å². The van der Waals surface area contributed by atoms with Gasteiger partial charge in [-0.3, -0.25) is 0 Å². The molecule has 0 radical (unpaired) electrons. The van der Waals surface area contributed by atoms with E-state index < -0.39 is 0 Å². The van der Waals surface area contributed by atoms with Crippen molar-refractivity contribution in [3.05, 3.63) is 59.2 Å². The highest BCUT2D eigenvalue weighted by molar-refractivity contribution is 5.54. The number of hydrogen-bond acceptors (Lipinski definition) is 2. The number of anilines is 2. The van der Waals surface area contributed by atoms with Crippen molar-refractivity contribution in [1.82, 2.24) is 0 Å². The van der Waals surface area contributed by atoms with Gasteiger partial charge in [-0.2, -0.15) is 0 Å². The van der Waals surface area contributed by atoms with Crippen LogP contribution in [0, 0.1) is 0 Å². The molecule has 0 aliphatic heterocycles. The number of unbranched alkanes of at least 4 members (excludes halogenated alkanes) is 6. The van der Waals surface area contributed by atoms with Gasteiger partial charge in [-0.25, -0.2) is 0 Å². The number of para-hydroxylation sites is 2. The Hall–Kier alpha value is -1.96. The molecule has 0 atom stereocenters. The lowest BCUT2D eigenvalue weighted by Gasteiger charge is -2.10. The highest BCUT2D eigenvalue weighted by atomic mass is 14.9. The number of nitrogens with two attached hydrogens (primary N) is 1.